The van der Waals surface area contributed by atoms with Crippen LogP contribution < -0.4 is 10.6 Å². The zero-order valence-electron chi connectivity index (χ0n) is 8.72. The van der Waals surface area contributed by atoms with Crippen LogP contribution in [0, 0.1) is 9.39 Å². The molecule has 90 valence electrons. The Labute approximate surface area is 114 Å². The van der Waals surface area contributed by atoms with E-state index < -0.39 is 0 Å². The van der Waals surface area contributed by atoms with E-state index in [0.717, 1.165) is 0 Å². The first-order valence-electron chi connectivity index (χ1n) is 4.53. The van der Waals surface area contributed by atoms with Gasteiger partial charge in [-0.15, -0.1) is 12.4 Å². The van der Waals surface area contributed by atoms with Gasteiger partial charge in [0.25, 0.3) is 5.91 Å². The Bertz CT molecular complexity index is 363. The van der Waals surface area contributed by atoms with Gasteiger partial charge in [0, 0.05) is 22.2 Å². The van der Waals surface area contributed by atoms with Gasteiger partial charge in [-0.2, -0.15) is 0 Å². The lowest BCUT2D eigenvalue weighted by molar-refractivity contribution is 0.0953. The second kappa shape index (κ2) is 7.81. The van der Waals surface area contributed by atoms with E-state index in [1.165, 1.54) is 6.07 Å². The van der Waals surface area contributed by atoms with Crippen molar-refractivity contribution in [2.45, 2.75) is 0 Å². The van der Waals surface area contributed by atoms with E-state index in [-0.39, 0.29) is 24.1 Å². The van der Waals surface area contributed by atoms with Gasteiger partial charge < -0.3 is 10.6 Å². The molecule has 1 aromatic rings. The average molecular weight is 359 g/mol. The molecule has 0 aliphatic rings. The molecule has 0 fully saturated rings. The van der Waals surface area contributed by atoms with Gasteiger partial charge >= 0.3 is 0 Å². The third-order valence-electron chi connectivity index (χ3n) is 1.84. The van der Waals surface area contributed by atoms with Crippen LogP contribution in [0.3, 0.4) is 0 Å². The average Bonchev–Trinajstić information content (AvgIpc) is 2.22. The molecule has 0 saturated heterocycles. The highest BCUT2D eigenvalue weighted by atomic mass is 127. The third-order valence-corrected chi connectivity index (χ3v) is 2.72. The highest BCUT2D eigenvalue weighted by Gasteiger charge is 2.07. The largest absolute Gasteiger partial charge is 0.351 e. The summed E-state index contributed by atoms with van der Waals surface area (Å²) >= 11 is 1.88. The molecule has 2 N–H and O–H groups in total. The molecule has 6 heteroatoms. The van der Waals surface area contributed by atoms with Gasteiger partial charge in [-0.25, -0.2) is 4.39 Å². The molecule has 1 rings (SSSR count). The summed E-state index contributed by atoms with van der Waals surface area (Å²) in [6, 6.07) is 4.44. The second-order valence-electron chi connectivity index (χ2n) is 2.99. The molecule has 1 amide bonds. The van der Waals surface area contributed by atoms with Crippen molar-refractivity contribution in [3.63, 3.8) is 0 Å². The summed E-state index contributed by atoms with van der Waals surface area (Å²) in [5, 5.41) is 5.58. The van der Waals surface area contributed by atoms with Crippen molar-refractivity contribution in [3.05, 3.63) is 33.1 Å². The minimum Gasteiger partial charge on any atom is -0.351 e. The number of amides is 1. The van der Waals surface area contributed by atoms with Crippen LogP contribution in [0.4, 0.5) is 4.39 Å². The summed E-state index contributed by atoms with van der Waals surface area (Å²) in [5.74, 6) is -0.614. The lowest BCUT2D eigenvalue weighted by Gasteiger charge is -2.05. The number of rotatable bonds is 4. The fourth-order valence-corrected chi connectivity index (χ4v) is 1.38. The monoisotopic (exact) mass is 358 g/mol. The summed E-state index contributed by atoms with van der Waals surface area (Å²) in [7, 11) is 1.80. The van der Waals surface area contributed by atoms with Crippen LogP contribution in [0.2, 0.25) is 0 Å². The quantitative estimate of drug-likeness (QED) is 0.637. The van der Waals surface area contributed by atoms with Gasteiger partial charge in [-0.1, -0.05) is 0 Å². The Hall–Kier alpha value is -0.400. The molecular formula is C10H13ClFIN2O. The number of carbonyl (C=O) groups excluding carboxylic acids is 1. The number of benzene rings is 1. The SMILES string of the molecule is CNCCNC(=O)c1ccc(I)c(F)c1.Cl. The van der Waals surface area contributed by atoms with Crippen LogP contribution in [0.5, 0.6) is 0 Å². The predicted molar refractivity (Wildman–Crippen MR) is 72.6 cm³/mol. The Morgan fingerprint density at radius 2 is 2.12 bits per heavy atom. The molecule has 16 heavy (non-hydrogen) atoms. The smallest absolute Gasteiger partial charge is 0.251 e. The first-order valence-corrected chi connectivity index (χ1v) is 5.61. The number of likely N-dealkylation sites (N-methyl/N-ethyl adjacent to an activating group) is 1. The lowest BCUT2D eigenvalue weighted by atomic mass is 10.2. The molecule has 0 aromatic heterocycles. The van der Waals surface area contributed by atoms with Gasteiger partial charge in [-0.3, -0.25) is 4.79 Å². The van der Waals surface area contributed by atoms with E-state index in [1.54, 1.807) is 19.2 Å². The maximum atomic E-state index is 13.1. The molecule has 0 spiro atoms. The molecule has 0 bridgehead atoms. The fourth-order valence-electron chi connectivity index (χ4n) is 1.04. The van der Waals surface area contributed by atoms with Crippen LogP contribution >= 0.6 is 35.0 Å². The molecule has 0 saturated carbocycles. The Morgan fingerprint density at radius 3 is 2.69 bits per heavy atom. The molecule has 0 aliphatic carbocycles. The Morgan fingerprint density at radius 1 is 1.44 bits per heavy atom. The van der Waals surface area contributed by atoms with E-state index in [0.29, 0.717) is 22.2 Å². The summed E-state index contributed by atoms with van der Waals surface area (Å²) in [5.41, 5.74) is 0.351. The van der Waals surface area contributed by atoms with Crippen molar-refractivity contribution in [3.8, 4) is 0 Å². The van der Waals surface area contributed by atoms with Crippen LogP contribution in [0.15, 0.2) is 18.2 Å². The highest BCUT2D eigenvalue weighted by molar-refractivity contribution is 14.1. The van der Waals surface area contributed by atoms with Crippen molar-refractivity contribution in [2.75, 3.05) is 20.1 Å². The molecule has 3 nitrogen and oxygen atoms in total. The van der Waals surface area contributed by atoms with Crippen molar-refractivity contribution >= 4 is 40.9 Å². The van der Waals surface area contributed by atoms with Crippen LogP contribution in [0.25, 0.3) is 0 Å². The van der Waals surface area contributed by atoms with Crippen molar-refractivity contribution in [1.82, 2.24) is 10.6 Å². The van der Waals surface area contributed by atoms with Crippen LogP contribution in [-0.4, -0.2) is 26.0 Å². The van der Waals surface area contributed by atoms with Crippen LogP contribution in [0.1, 0.15) is 10.4 Å². The first kappa shape index (κ1) is 15.6. The number of halogens is 3. The topological polar surface area (TPSA) is 41.1 Å². The first-order chi connectivity index (χ1) is 7.15. The second-order valence-corrected chi connectivity index (χ2v) is 4.15. The summed E-state index contributed by atoms with van der Waals surface area (Å²) in [4.78, 5) is 11.5. The number of hydrogen-bond acceptors (Lipinski definition) is 2. The van der Waals surface area contributed by atoms with E-state index in [9.17, 15) is 9.18 Å². The zero-order chi connectivity index (χ0) is 11.3. The van der Waals surface area contributed by atoms with E-state index in [4.69, 9.17) is 0 Å². The number of carbonyl (C=O) groups is 1. The summed E-state index contributed by atoms with van der Waals surface area (Å²) in [6.07, 6.45) is 0. The molecule has 0 radical (unpaired) electrons. The third kappa shape index (κ3) is 4.63. The van der Waals surface area contributed by atoms with Crippen molar-refractivity contribution in [1.29, 1.82) is 0 Å². The standard InChI is InChI=1S/C10H12FIN2O.ClH/c1-13-4-5-14-10(15)7-2-3-9(12)8(11)6-7;/h2-3,6,13H,4-5H2,1H3,(H,14,15);1H. The number of nitrogens with one attached hydrogen (secondary N) is 2. The highest BCUT2D eigenvalue weighted by Crippen LogP contribution is 2.12. The summed E-state index contributed by atoms with van der Waals surface area (Å²) in [6.45, 7) is 1.22. The lowest BCUT2D eigenvalue weighted by Crippen LogP contribution is -2.30. The Balaban J connectivity index is 0.00000225. The van der Waals surface area contributed by atoms with Crippen molar-refractivity contribution < 1.29 is 9.18 Å². The molecule has 0 unspecified atom stereocenters. The normalized spacial score (nSPS) is 9.44. The van der Waals surface area contributed by atoms with Gasteiger partial charge in [0.05, 0.1) is 0 Å². The minimum atomic E-state index is -0.364. The Kier molecular flexibility index (Phi) is 7.61. The van der Waals surface area contributed by atoms with Gasteiger partial charge in [0.2, 0.25) is 0 Å². The number of hydrogen-bond donors (Lipinski definition) is 2. The van der Waals surface area contributed by atoms with E-state index >= 15 is 0 Å². The molecule has 0 aliphatic heterocycles. The van der Waals surface area contributed by atoms with E-state index in [1.807, 2.05) is 22.6 Å². The van der Waals surface area contributed by atoms with Crippen molar-refractivity contribution in [2.24, 2.45) is 0 Å². The molecule has 0 atom stereocenters. The predicted octanol–water partition coefficient (Wildman–Crippen LogP) is 1.80. The minimum absolute atomic E-state index is 0. The van der Waals surface area contributed by atoms with Gasteiger partial charge in [0.15, 0.2) is 0 Å². The fraction of sp³-hybridized carbons (Fsp3) is 0.300. The zero-order valence-corrected chi connectivity index (χ0v) is 11.7. The van der Waals surface area contributed by atoms with Gasteiger partial charge in [0.1, 0.15) is 5.82 Å². The van der Waals surface area contributed by atoms with E-state index in [2.05, 4.69) is 10.6 Å². The molecular weight excluding hydrogens is 345 g/mol. The maximum absolute atomic E-state index is 13.1. The maximum Gasteiger partial charge on any atom is 0.251 e. The molecule has 0 heterocycles. The summed E-state index contributed by atoms with van der Waals surface area (Å²) < 4.78 is 13.6. The van der Waals surface area contributed by atoms with Gasteiger partial charge in [-0.05, 0) is 47.8 Å². The van der Waals surface area contributed by atoms with Crippen LogP contribution in [-0.2, 0) is 0 Å². The molecule has 1 aromatic carbocycles.